The standard InChI is InChI=1S/C14H14F5NO/c15-11-3-1-2-10(12(11)16)13(21)20-9-6-4-8(5-7-9)14(17,18)19/h1-3,8-9H,4-7H2,(H,20,21). The van der Waals surface area contributed by atoms with E-state index in [0.29, 0.717) is 0 Å². The van der Waals surface area contributed by atoms with Gasteiger partial charge in [0.1, 0.15) is 0 Å². The summed E-state index contributed by atoms with van der Waals surface area (Å²) in [4.78, 5) is 11.8. The van der Waals surface area contributed by atoms with Crippen molar-refractivity contribution in [1.82, 2.24) is 5.32 Å². The molecule has 0 saturated heterocycles. The SMILES string of the molecule is O=C(NC1CCC(C(F)(F)F)CC1)c1cccc(F)c1F. The smallest absolute Gasteiger partial charge is 0.349 e. The van der Waals surface area contributed by atoms with Crippen LogP contribution in [0.5, 0.6) is 0 Å². The monoisotopic (exact) mass is 307 g/mol. The Balaban J connectivity index is 1.95. The van der Waals surface area contributed by atoms with Gasteiger partial charge < -0.3 is 5.32 Å². The lowest BCUT2D eigenvalue weighted by molar-refractivity contribution is -0.182. The van der Waals surface area contributed by atoms with Crippen LogP contribution in [0.25, 0.3) is 0 Å². The van der Waals surface area contributed by atoms with Crippen LogP contribution in [0.1, 0.15) is 36.0 Å². The number of nitrogens with one attached hydrogen (secondary N) is 1. The Hall–Kier alpha value is -1.66. The number of rotatable bonds is 2. The highest BCUT2D eigenvalue weighted by Crippen LogP contribution is 2.37. The molecule has 1 saturated carbocycles. The molecular formula is C14H14F5NO. The summed E-state index contributed by atoms with van der Waals surface area (Å²) in [6.45, 7) is 0. The van der Waals surface area contributed by atoms with Crippen LogP contribution in [0.15, 0.2) is 18.2 Å². The van der Waals surface area contributed by atoms with Crippen molar-refractivity contribution in [3.63, 3.8) is 0 Å². The number of hydrogen-bond acceptors (Lipinski definition) is 1. The van der Waals surface area contributed by atoms with E-state index in [-0.39, 0.29) is 25.7 Å². The second-order valence-electron chi connectivity index (χ2n) is 5.17. The lowest BCUT2D eigenvalue weighted by atomic mass is 9.85. The number of amides is 1. The van der Waals surface area contributed by atoms with Crippen LogP contribution in [0.2, 0.25) is 0 Å². The summed E-state index contributed by atoms with van der Waals surface area (Å²) in [6, 6.07) is 2.78. The van der Waals surface area contributed by atoms with Gasteiger partial charge in [0.15, 0.2) is 11.6 Å². The van der Waals surface area contributed by atoms with E-state index in [2.05, 4.69) is 5.32 Å². The first kappa shape index (κ1) is 15.7. The third-order valence-electron chi connectivity index (χ3n) is 3.72. The molecule has 1 aromatic rings. The lowest BCUT2D eigenvalue weighted by Crippen LogP contribution is -2.40. The number of halogens is 5. The first-order valence-corrected chi connectivity index (χ1v) is 6.60. The number of carbonyl (C=O) groups excluding carboxylic acids is 1. The van der Waals surface area contributed by atoms with Gasteiger partial charge in [-0.1, -0.05) is 6.07 Å². The minimum absolute atomic E-state index is 0.0694. The number of alkyl halides is 3. The zero-order valence-corrected chi connectivity index (χ0v) is 11.0. The maximum Gasteiger partial charge on any atom is 0.391 e. The minimum Gasteiger partial charge on any atom is -0.349 e. The zero-order valence-electron chi connectivity index (χ0n) is 11.0. The molecule has 0 unspecified atom stereocenters. The highest BCUT2D eigenvalue weighted by atomic mass is 19.4. The van der Waals surface area contributed by atoms with Crippen LogP contribution in [0.3, 0.4) is 0 Å². The molecule has 2 rings (SSSR count). The van der Waals surface area contributed by atoms with Crippen LogP contribution >= 0.6 is 0 Å². The maximum absolute atomic E-state index is 13.4. The van der Waals surface area contributed by atoms with E-state index in [1.54, 1.807) is 0 Å². The van der Waals surface area contributed by atoms with Gasteiger partial charge in [-0.2, -0.15) is 13.2 Å². The summed E-state index contributed by atoms with van der Waals surface area (Å²) in [6.07, 6.45) is -4.01. The Bertz CT molecular complexity index is 521. The molecule has 1 aromatic carbocycles. The molecule has 0 atom stereocenters. The van der Waals surface area contributed by atoms with Crippen molar-refractivity contribution in [1.29, 1.82) is 0 Å². The Kier molecular flexibility index (Phi) is 4.49. The van der Waals surface area contributed by atoms with E-state index in [1.165, 1.54) is 6.07 Å². The molecular weight excluding hydrogens is 293 g/mol. The molecule has 1 aliphatic carbocycles. The van der Waals surface area contributed by atoms with Gasteiger partial charge in [-0.05, 0) is 37.8 Å². The van der Waals surface area contributed by atoms with Crippen LogP contribution in [-0.2, 0) is 0 Å². The average Bonchev–Trinajstić information content (AvgIpc) is 2.41. The van der Waals surface area contributed by atoms with Crippen LogP contribution in [0, 0.1) is 17.6 Å². The predicted octanol–water partition coefficient (Wildman–Crippen LogP) is 3.82. The summed E-state index contributed by atoms with van der Waals surface area (Å²) in [5.74, 6) is -4.54. The molecule has 0 aromatic heterocycles. The van der Waals surface area contributed by atoms with Crippen molar-refractivity contribution >= 4 is 5.91 Å². The Morgan fingerprint density at radius 1 is 1.10 bits per heavy atom. The van der Waals surface area contributed by atoms with Crippen molar-refractivity contribution in [2.24, 2.45) is 5.92 Å². The average molecular weight is 307 g/mol. The Morgan fingerprint density at radius 3 is 2.29 bits per heavy atom. The molecule has 1 fully saturated rings. The van der Waals surface area contributed by atoms with Gasteiger partial charge in [0.2, 0.25) is 0 Å². The fraction of sp³-hybridized carbons (Fsp3) is 0.500. The molecule has 0 spiro atoms. The third kappa shape index (κ3) is 3.71. The van der Waals surface area contributed by atoms with Gasteiger partial charge in [0.05, 0.1) is 11.5 Å². The Morgan fingerprint density at radius 2 is 1.71 bits per heavy atom. The number of carbonyl (C=O) groups is 1. The predicted molar refractivity (Wildman–Crippen MR) is 65.6 cm³/mol. The summed E-state index contributed by atoms with van der Waals surface area (Å²) in [5.41, 5.74) is -0.437. The summed E-state index contributed by atoms with van der Waals surface area (Å²) < 4.78 is 64.0. The van der Waals surface area contributed by atoms with Gasteiger partial charge in [-0.25, -0.2) is 8.78 Å². The number of hydrogen-bond donors (Lipinski definition) is 1. The zero-order chi connectivity index (χ0) is 15.6. The van der Waals surface area contributed by atoms with Crippen molar-refractivity contribution < 1.29 is 26.7 Å². The molecule has 116 valence electrons. The van der Waals surface area contributed by atoms with E-state index < -0.39 is 41.2 Å². The van der Waals surface area contributed by atoms with Gasteiger partial charge in [-0.3, -0.25) is 4.79 Å². The van der Waals surface area contributed by atoms with Crippen LogP contribution in [0.4, 0.5) is 22.0 Å². The summed E-state index contributed by atoms with van der Waals surface area (Å²) >= 11 is 0. The van der Waals surface area contributed by atoms with Crippen LogP contribution < -0.4 is 5.32 Å². The van der Waals surface area contributed by atoms with Gasteiger partial charge in [0.25, 0.3) is 5.91 Å². The molecule has 7 heteroatoms. The lowest BCUT2D eigenvalue weighted by Gasteiger charge is -2.30. The van der Waals surface area contributed by atoms with Gasteiger partial charge >= 0.3 is 6.18 Å². The van der Waals surface area contributed by atoms with E-state index in [4.69, 9.17) is 0 Å². The first-order valence-electron chi connectivity index (χ1n) is 6.60. The fourth-order valence-corrected chi connectivity index (χ4v) is 2.51. The maximum atomic E-state index is 13.4. The van der Waals surface area contributed by atoms with E-state index in [0.717, 1.165) is 12.1 Å². The summed E-state index contributed by atoms with van der Waals surface area (Å²) in [7, 11) is 0. The second-order valence-corrected chi connectivity index (χ2v) is 5.17. The molecule has 0 aliphatic heterocycles. The van der Waals surface area contributed by atoms with Crippen molar-refractivity contribution in [2.75, 3.05) is 0 Å². The Labute approximate surface area is 118 Å². The van der Waals surface area contributed by atoms with Crippen molar-refractivity contribution in [3.05, 3.63) is 35.4 Å². The molecule has 2 nitrogen and oxygen atoms in total. The molecule has 0 radical (unpaired) electrons. The highest BCUT2D eigenvalue weighted by molar-refractivity contribution is 5.94. The molecule has 21 heavy (non-hydrogen) atoms. The van der Waals surface area contributed by atoms with Gasteiger partial charge in [0, 0.05) is 6.04 Å². The molecule has 0 bridgehead atoms. The molecule has 1 N–H and O–H groups in total. The van der Waals surface area contributed by atoms with E-state index in [9.17, 15) is 26.7 Å². The molecule has 1 amide bonds. The molecule has 1 aliphatic rings. The normalized spacial score (nSPS) is 22.9. The highest BCUT2D eigenvalue weighted by Gasteiger charge is 2.41. The third-order valence-corrected chi connectivity index (χ3v) is 3.72. The topological polar surface area (TPSA) is 29.1 Å². The quantitative estimate of drug-likeness (QED) is 0.827. The summed E-state index contributed by atoms with van der Waals surface area (Å²) in [5, 5.41) is 2.46. The van der Waals surface area contributed by atoms with E-state index in [1.807, 2.05) is 0 Å². The fourth-order valence-electron chi connectivity index (χ4n) is 2.51. The van der Waals surface area contributed by atoms with Crippen molar-refractivity contribution in [3.8, 4) is 0 Å². The second kappa shape index (κ2) is 5.99. The number of benzene rings is 1. The van der Waals surface area contributed by atoms with Crippen LogP contribution in [-0.4, -0.2) is 18.1 Å². The largest absolute Gasteiger partial charge is 0.391 e. The van der Waals surface area contributed by atoms with Gasteiger partial charge in [-0.15, -0.1) is 0 Å². The minimum atomic E-state index is -4.22. The van der Waals surface area contributed by atoms with E-state index >= 15 is 0 Å². The molecule has 0 heterocycles. The van der Waals surface area contributed by atoms with Crippen molar-refractivity contribution in [2.45, 2.75) is 37.9 Å². The first-order chi connectivity index (χ1) is 9.79.